The minimum atomic E-state index is -0.496. The zero-order valence-corrected chi connectivity index (χ0v) is 20.5. The summed E-state index contributed by atoms with van der Waals surface area (Å²) in [5.74, 6) is 1.40. The highest BCUT2D eigenvalue weighted by Crippen LogP contribution is 2.28. The van der Waals surface area contributed by atoms with Crippen LogP contribution in [-0.2, 0) is 6.54 Å². The molecule has 1 atom stereocenters. The van der Waals surface area contributed by atoms with E-state index in [1.165, 1.54) is 32.1 Å². The van der Waals surface area contributed by atoms with Crippen LogP contribution in [0.4, 0.5) is 0 Å². The smallest absolute Gasteiger partial charge is 0.161 e. The molecule has 1 aromatic carbocycles. The molecule has 0 aliphatic carbocycles. The Hall–Kier alpha value is -1.34. The maximum atomic E-state index is 10.5. The van der Waals surface area contributed by atoms with Gasteiger partial charge in [0, 0.05) is 26.2 Å². The largest absolute Gasteiger partial charge is 0.493 e. The van der Waals surface area contributed by atoms with Crippen molar-refractivity contribution in [1.82, 2.24) is 15.1 Å². The Labute approximate surface area is 189 Å². The highest BCUT2D eigenvalue weighted by atomic mass is 16.5. The third-order valence-electron chi connectivity index (χ3n) is 5.75. The summed E-state index contributed by atoms with van der Waals surface area (Å²) < 4.78 is 11.5. The zero-order valence-electron chi connectivity index (χ0n) is 20.5. The van der Waals surface area contributed by atoms with Gasteiger partial charge in [-0.05, 0) is 63.1 Å². The summed E-state index contributed by atoms with van der Waals surface area (Å²) in [6.45, 7) is 10.4. The SMILES string of the molecule is COc1cc(CNCC(C)(C)CN(C)C)ccc1OC[C@@H](O)CN1CCCCCCC1. The molecule has 0 unspecified atom stereocenters. The van der Waals surface area contributed by atoms with Crippen molar-refractivity contribution in [2.24, 2.45) is 5.41 Å². The average Bonchev–Trinajstić information content (AvgIpc) is 2.67. The predicted octanol–water partition coefficient (Wildman–Crippen LogP) is 3.38. The van der Waals surface area contributed by atoms with Crippen LogP contribution in [0.2, 0.25) is 0 Å². The molecule has 178 valence electrons. The molecule has 0 aromatic heterocycles. The molecular formula is C25H45N3O3. The molecule has 0 spiro atoms. The lowest BCUT2D eigenvalue weighted by Crippen LogP contribution is -2.37. The Bertz CT molecular complexity index is 628. The maximum Gasteiger partial charge on any atom is 0.161 e. The third-order valence-corrected chi connectivity index (χ3v) is 5.75. The van der Waals surface area contributed by atoms with Crippen molar-refractivity contribution < 1.29 is 14.6 Å². The molecule has 1 fully saturated rings. The number of ether oxygens (including phenoxy) is 2. The van der Waals surface area contributed by atoms with Gasteiger partial charge in [0.2, 0.25) is 0 Å². The Morgan fingerprint density at radius 2 is 1.77 bits per heavy atom. The van der Waals surface area contributed by atoms with Crippen LogP contribution in [0.1, 0.15) is 51.5 Å². The second-order valence-electron chi connectivity index (χ2n) is 10.0. The van der Waals surface area contributed by atoms with Gasteiger partial charge in [0.15, 0.2) is 11.5 Å². The Balaban J connectivity index is 1.81. The second kappa shape index (κ2) is 13.3. The van der Waals surface area contributed by atoms with Crippen molar-refractivity contribution in [2.45, 2.75) is 58.6 Å². The van der Waals surface area contributed by atoms with Crippen molar-refractivity contribution in [3.63, 3.8) is 0 Å². The summed E-state index contributed by atoms with van der Waals surface area (Å²) in [5.41, 5.74) is 1.37. The van der Waals surface area contributed by atoms with Gasteiger partial charge in [0.1, 0.15) is 12.7 Å². The molecule has 6 nitrogen and oxygen atoms in total. The van der Waals surface area contributed by atoms with Gasteiger partial charge in [-0.25, -0.2) is 0 Å². The van der Waals surface area contributed by atoms with E-state index in [1.807, 2.05) is 12.1 Å². The van der Waals surface area contributed by atoms with Crippen molar-refractivity contribution >= 4 is 0 Å². The molecule has 0 amide bonds. The standard InChI is InChI=1S/C25H45N3O3/c1-25(2,20-27(3)4)19-26-16-21-11-12-23(24(15-21)30-5)31-18-22(29)17-28-13-9-7-6-8-10-14-28/h11-12,15,22,26,29H,6-10,13-14,16-20H2,1-5H3/t22-/m0/s1. The fourth-order valence-corrected chi connectivity index (χ4v) is 4.43. The number of β-amino-alcohol motifs (C(OH)–C–C–N with tert-alkyl or cyclic N) is 1. The highest BCUT2D eigenvalue weighted by Gasteiger charge is 2.18. The van der Waals surface area contributed by atoms with Gasteiger partial charge in [-0.15, -0.1) is 0 Å². The van der Waals surface area contributed by atoms with E-state index in [0.29, 0.717) is 18.0 Å². The van der Waals surface area contributed by atoms with Crippen LogP contribution in [0, 0.1) is 5.41 Å². The summed E-state index contributed by atoms with van der Waals surface area (Å²) >= 11 is 0. The molecule has 1 aliphatic rings. The molecule has 2 rings (SSSR count). The summed E-state index contributed by atoms with van der Waals surface area (Å²) in [5, 5.41) is 14.0. The quantitative estimate of drug-likeness (QED) is 0.525. The van der Waals surface area contributed by atoms with Crippen molar-refractivity contribution in [1.29, 1.82) is 0 Å². The van der Waals surface area contributed by atoms with Crippen LogP contribution >= 0.6 is 0 Å². The van der Waals surface area contributed by atoms with E-state index in [-0.39, 0.29) is 12.0 Å². The Morgan fingerprint density at radius 3 is 2.42 bits per heavy atom. The summed E-state index contributed by atoms with van der Waals surface area (Å²) in [4.78, 5) is 4.59. The highest BCUT2D eigenvalue weighted by molar-refractivity contribution is 5.43. The molecule has 0 radical (unpaired) electrons. The van der Waals surface area contributed by atoms with E-state index in [4.69, 9.17) is 9.47 Å². The number of aliphatic hydroxyl groups is 1. The maximum absolute atomic E-state index is 10.5. The van der Waals surface area contributed by atoms with Crippen LogP contribution < -0.4 is 14.8 Å². The van der Waals surface area contributed by atoms with Gasteiger partial charge in [-0.2, -0.15) is 0 Å². The van der Waals surface area contributed by atoms with Gasteiger partial charge in [0.05, 0.1) is 7.11 Å². The molecule has 1 saturated heterocycles. The monoisotopic (exact) mass is 435 g/mol. The molecule has 31 heavy (non-hydrogen) atoms. The first-order chi connectivity index (χ1) is 14.8. The first-order valence-electron chi connectivity index (χ1n) is 11.8. The summed E-state index contributed by atoms with van der Waals surface area (Å²) in [6.07, 6.45) is 5.90. The first-order valence-corrected chi connectivity index (χ1v) is 11.8. The van der Waals surface area contributed by atoms with Crippen LogP contribution in [0.15, 0.2) is 18.2 Å². The minimum Gasteiger partial charge on any atom is -0.493 e. The van der Waals surface area contributed by atoms with E-state index in [1.54, 1.807) is 7.11 Å². The van der Waals surface area contributed by atoms with Crippen molar-refractivity contribution in [3.05, 3.63) is 23.8 Å². The fraction of sp³-hybridized carbons (Fsp3) is 0.760. The number of nitrogens with zero attached hydrogens (tertiary/aromatic N) is 2. The van der Waals surface area contributed by atoms with E-state index in [0.717, 1.165) is 38.3 Å². The second-order valence-corrected chi connectivity index (χ2v) is 10.0. The number of hydrogen-bond acceptors (Lipinski definition) is 6. The molecule has 1 aromatic rings. The van der Waals surface area contributed by atoms with Gasteiger partial charge in [0.25, 0.3) is 0 Å². The number of methoxy groups -OCH3 is 1. The van der Waals surface area contributed by atoms with Gasteiger partial charge in [-0.3, -0.25) is 0 Å². The Morgan fingerprint density at radius 1 is 1.10 bits per heavy atom. The fourth-order valence-electron chi connectivity index (χ4n) is 4.43. The lowest BCUT2D eigenvalue weighted by molar-refractivity contribution is 0.0645. The Kier molecular flexibility index (Phi) is 11.1. The first kappa shape index (κ1) is 25.9. The van der Waals surface area contributed by atoms with E-state index < -0.39 is 6.10 Å². The predicted molar refractivity (Wildman–Crippen MR) is 128 cm³/mol. The van der Waals surface area contributed by atoms with Crippen LogP contribution in [-0.4, -0.2) is 81.5 Å². The molecule has 1 heterocycles. The topological polar surface area (TPSA) is 57.2 Å². The normalized spacial score (nSPS) is 17.3. The van der Waals surface area contributed by atoms with E-state index in [9.17, 15) is 5.11 Å². The lowest BCUT2D eigenvalue weighted by atomic mass is 9.93. The van der Waals surface area contributed by atoms with Gasteiger partial charge >= 0.3 is 0 Å². The molecule has 2 N–H and O–H groups in total. The number of hydrogen-bond donors (Lipinski definition) is 2. The molecule has 0 bridgehead atoms. The lowest BCUT2D eigenvalue weighted by Gasteiger charge is -2.28. The number of aliphatic hydroxyl groups excluding tert-OH is 1. The number of benzene rings is 1. The van der Waals surface area contributed by atoms with Crippen LogP contribution in [0.3, 0.4) is 0 Å². The summed E-state index contributed by atoms with van der Waals surface area (Å²) in [6, 6.07) is 6.03. The average molecular weight is 436 g/mol. The molecule has 1 aliphatic heterocycles. The van der Waals surface area contributed by atoms with Crippen molar-refractivity contribution in [2.75, 3.05) is 60.5 Å². The summed E-state index contributed by atoms with van der Waals surface area (Å²) in [7, 11) is 5.88. The van der Waals surface area contributed by atoms with Gasteiger partial charge in [-0.1, -0.05) is 39.2 Å². The number of likely N-dealkylation sites (tertiary alicyclic amines) is 1. The third kappa shape index (κ3) is 10.2. The molecule has 0 saturated carbocycles. The van der Waals surface area contributed by atoms with E-state index >= 15 is 0 Å². The number of rotatable bonds is 12. The minimum absolute atomic E-state index is 0.208. The van der Waals surface area contributed by atoms with Gasteiger partial charge < -0.3 is 29.7 Å². The van der Waals surface area contributed by atoms with Crippen LogP contribution in [0.5, 0.6) is 11.5 Å². The number of nitrogens with one attached hydrogen (secondary N) is 1. The zero-order chi connectivity index (χ0) is 22.7. The molecule has 6 heteroatoms. The van der Waals surface area contributed by atoms with Crippen LogP contribution in [0.25, 0.3) is 0 Å². The molecular weight excluding hydrogens is 390 g/mol. The van der Waals surface area contributed by atoms with Crippen molar-refractivity contribution in [3.8, 4) is 11.5 Å². The van der Waals surface area contributed by atoms with E-state index in [2.05, 4.69) is 49.1 Å².